The normalized spacial score (nSPS) is 19.2. The Hall–Kier alpha value is -2.67. The summed E-state index contributed by atoms with van der Waals surface area (Å²) in [5.41, 5.74) is 2.42. The Kier molecular flexibility index (Phi) is 5.08. The quantitative estimate of drug-likeness (QED) is 0.801. The highest BCUT2D eigenvalue weighted by molar-refractivity contribution is 6.15. The second kappa shape index (κ2) is 7.29. The molecule has 0 aliphatic carbocycles. The molecule has 1 saturated heterocycles. The van der Waals surface area contributed by atoms with Crippen LogP contribution >= 0.6 is 0 Å². The molecule has 138 valence electrons. The topological polar surface area (TPSA) is 82.8 Å². The van der Waals surface area contributed by atoms with E-state index in [0.717, 1.165) is 22.9 Å². The van der Waals surface area contributed by atoms with Crippen LogP contribution in [0.3, 0.4) is 0 Å². The van der Waals surface area contributed by atoms with Crippen molar-refractivity contribution in [2.75, 3.05) is 13.7 Å². The Morgan fingerprint density at radius 2 is 2.12 bits per heavy atom. The molecule has 7 heteroatoms. The van der Waals surface area contributed by atoms with Gasteiger partial charge in [-0.05, 0) is 36.1 Å². The van der Waals surface area contributed by atoms with Crippen molar-refractivity contribution in [3.05, 3.63) is 35.7 Å². The van der Waals surface area contributed by atoms with E-state index in [1.165, 1.54) is 4.90 Å². The van der Waals surface area contributed by atoms with Gasteiger partial charge in [-0.15, -0.1) is 0 Å². The van der Waals surface area contributed by atoms with Crippen LogP contribution in [0.5, 0.6) is 0 Å². The van der Waals surface area contributed by atoms with E-state index in [9.17, 15) is 9.90 Å². The summed E-state index contributed by atoms with van der Waals surface area (Å²) in [5, 5.41) is 17.9. The molecule has 1 fully saturated rings. The molecule has 1 atom stereocenters. The van der Waals surface area contributed by atoms with E-state index in [-0.39, 0.29) is 18.6 Å². The molecule has 0 unspecified atom stereocenters. The Morgan fingerprint density at radius 3 is 2.81 bits per heavy atom. The van der Waals surface area contributed by atoms with Crippen LogP contribution in [0.25, 0.3) is 17.0 Å². The monoisotopic (exact) mass is 355 g/mol. The van der Waals surface area contributed by atoms with Gasteiger partial charge in [0, 0.05) is 19.5 Å². The lowest BCUT2D eigenvalue weighted by atomic mass is 10.1. The number of likely N-dealkylation sites (N-methyl/N-ethyl adjacent to an activating group) is 1. The van der Waals surface area contributed by atoms with Crippen molar-refractivity contribution in [2.24, 2.45) is 18.0 Å². The fraction of sp³-hybridized carbons (Fsp3) is 0.421. The van der Waals surface area contributed by atoms with Crippen LogP contribution in [0, 0.1) is 5.92 Å². The van der Waals surface area contributed by atoms with Crippen LogP contribution in [0.1, 0.15) is 25.8 Å². The Morgan fingerprint density at radius 1 is 1.35 bits per heavy atom. The predicted molar refractivity (Wildman–Crippen MR) is 102 cm³/mol. The highest BCUT2D eigenvalue weighted by atomic mass is 16.3. The van der Waals surface area contributed by atoms with Crippen molar-refractivity contribution < 1.29 is 9.90 Å². The fourth-order valence-corrected chi connectivity index (χ4v) is 3.08. The maximum absolute atomic E-state index is 12.5. The van der Waals surface area contributed by atoms with Gasteiger partial charge in [-0.25, -0.2) is 4.99 Å². The molecule has 3 rings (SSSR count). The van der Waals surface area contributed by atoms with Crippen LogP contribution in [0.15, 0.2) is 35.1 Å². The third-order valence-corrected chi connectivity index (χ3v) is 4.44. The van der Waals surface area contributed by atoms with E-state index < -0.39 is 0 Å². The van der Waals surface area contributed by atoms with E-state index in [2.05, 4.69) is 29.3 Å². The zero-order valence-electron chi connectivity index (χ0n) is 15.6. The highest BCUT2D eigenvalue weighted by Gasteiger charge is 2.29. The molecule has 0 bridgehead atoms. The number of carbonyl (C=O) groups is 1. The maximum atomic E-state index is 12.5. The number of aliphatic imine (C=N–C) groups is 1. The molecule has 26 heavy (non-hydrogen) atoms. The molecule has 7 nitrogen and oxygen atoms in total. The molecule has 1 aromatic heterocycles. The van der Waals surface area contributed by atoms with Gasteiger partial charge >= 0.3 is 0 Å². The second-order valence-electron chi connectivity index (χ2n) is 7.05. The van der Waals surface area contributed by atoms with E-state index in [0.29, 0.717) is 17.6 Å². The number of benzene rings is 1. The average molecular weight is 355 g/mol. The van der Waals surface area contributed by atoms with Crippen LogP contribution in [-0.2, 0) is 11.8 Å². The fourth-order valence-electron chi connectivity index (χ4n) is 3.08. The molecule has 0 saturated carbocycles. The van der Waals surface area contributed by atoms with Gasteiger partial charge in [-0.1, -0.05) is 19.9 Å². The molecule has 2 aromatic rings. The van der Waals surface area contributed by atoms with Gasteiger partial charge in [0.15, 0.2) is 0 Å². The summed E-state index contributed by atoms with van der Waals surface area (Å²) in [4.78, 5) is 18.5. The van der Waals surface area contributed by atoms with Gasteiger partial charge in [0.05, 0.1) is 24.4 Å². The van der Waals surface area contributed by atoms with E-state index in [1.54, 1.807) is 13.2 Å². The minimum absolute atomic E-state index is 0.0396. The molecule has 0 radical (unpaired) electrons. The third kappa shape index (κ3) is 3.62. The van der Waals surface area contributed by atoms with Crippen molar-refractivity contribution >= 4 is 28.8 Å². The number of fused-ring (bicyclic) bond motifs is 1. The van der Waals surface area contributed by atoms with Gasteiger partial charge in [0.1, 0.15) is 5.70 Å². The first-order valence-electron chi connectivity index (χ1n) is 8.76. The number of aromatic nitrogens is 2. The summed E-state index contributed by atoms with van der Waals surface area (Å²) in [6.45, 7) is 4.13. The number of amides is 1. The Bertz CT molecular complexity index is 881. The number of hydrogen-bond acceptors (Lipinski definition) is 4. The minimum Gasteiger partial charge on any atom is -0.394 e. The van der Waals surface area contributed by atoms with Crippen LogP contribution in [-0.4, -0.2) is 51.4 Å². The minimum atomic E-state index is -0.223. The van der Waals surface area contributed by atoms with Crippen LogP contribution in [0.4, 0.5) is 0 Å². The predicted octanol–water partition coefficient (Wildman–Crippen LogP) is 1.74. The number of rotatable bonds is 5. The van der Waals surface area contributed by atoms with Crippen molar-refractivity contribution in [1.29, 1.82) is 0 Å². The first-order chi connectivity index (χ1) is 12.4. The van der Waals surface area contributed by atoms with Gasteiger partial charge in [-0.2, -0.15) is 5.10 Å². The lowest BCUT2D eigenvalue weighted by Gasteiger charge is -2.15. The number of hydrogen-bond donors (Lipinski definition) is 2. The number of aryl methyl sites for hydroxylation is 1. The molecule has 1 aliphatic heterocycles. The first-order valence-corrected chi connectivity index (χ1v) is 8.76. The van der Waals surface area contributed by atoms with Crippen molar-refractivity contribution in [1.82, 2.24) is 20.0 Å². The smallest absolute Gasteiger partial charge is 0.276 e. The summed E-state index contributed by atoms with van der Waals surface area (Å²) in [7, 11) is 3.58. The summed E-state index contributed by atoms with van der Waals surface area (Å²) < 4.78 is 1.81. The number of nitrogens with one attached hydrogen (secondary N) is 1. The van der Waals surface area contributed by atoms with Crippen molar-refractivity contribution in [3.8, 4) is 0 Å². The van der Waals surface area contributed by atoms with E-state index >= 15 is 0 Å². The number of aliphatic hydroxyl groups is 1. The molecule has 2 N–H and O–H groups in total. The first kappa shape index (κ1) is 18.1. The lowest BCUT2D eigenvalue weighted by molar-refractivity contribution is -0.121. The van der Waals surface area contributed by atoms with Gasteiger partial charge in [0.2, 0.25) is 5.96 Å². The van der Waals surface area contributed by atoms with Gasteiger partial charge in [0.25, 0.3) is 5.91 Å². The molecule has 0 spiro atoms. The van der Waals surface area contributed by atoms with E-state index in [1.807, 2.05) is 36.0 Å². The molecule has 1 aromatic carbocycles. The number of nitrogens with zero attached hydrogens (tertiary/aromatic N) is 4. The zero-order valence-corrected chi connectivity index (χ0v) is 15.6. The van der Waals surface area contributed by atoms with Crippen molar-refractivity contribution in [2.45, 2.75) is 26.3 Å². The summed E-state index contributed by atoms with van der Waals surface area (Å²) >= 11 is 0. The Balaban J connectivity index is 1.86. The molecule has 2 heterocycles. The Labute approximate surface area is 153 Å². The molecular weight excluding hydrogens is 330 g/mol. The zero-order chi connectivity index (χ0) is 18.8. The molecular formula is C19H25N5O2. The highest BCUT2D eigenvalue weighted by Crippen LogP contribution is 2.19. The summed E-state index contributed by atoms with van der Waals surface area (Å²) in [6.07, 6.45) is 4.38. The molecule has 1 aliphatic rings. The number of guanidine groups is 1. The maximum Gasteiger partial charge on any atom is 0.276 e. The number of carbonyl (C=O) groups excluding carboxylic acids is 1. The summed E-state index contributed by atoms with van der Waals surface area (Å²) in [5.74, 6) is 0.750. The number of aliphatic hydroxyl groups excluding tert-OH is 1. The van der Waals surface area contributed by atoms with Gasteiger partial charge in [-0.3, -0.25) is 14.4 Å². The molecule has 1 amide bonds. The largest absolute Gasteiger partial charge is 0.394 e. The lowest BCUT2D eigenvalue weighted by Crippen LogP contribution is -2.31. The van der Waals surface area contributed by atoms with Crippen molar-refractivity contribution in [3.63, 3.8) is 0 Å². The summed E-state index contributed by atoms with van der Waals surface area (Å²) in [6, 6.07) is 5.71. The third-order valence-electron chi connectivity index (χ3n) is 4.44. The second-order valence-corrected chi connectivity index (χ2v) is 7.05. The SMILES string of the molecule is CC(C)C[C@H](CO)N=C1N/C(=C\c2ccc3c(cnn3C)c2)C(=O)N1C. The van der Waals surface area contributed by atoms with Gasteiger partial charge < -0.3 is 10.4 Å². The van der Waals surface area contributed by atoms with E-state index in [4.69, 9.17) is 0 Å². The standard InChI is InChI=1S/C19H25N5O2/c1-12(2)7-15(11-25)21-19-22-16(18(26)23(19)3)9-13-5-6-17-14(8-13)10-20-24(17)4/h5-6,8-10,12,15,25H,7,11H2,1-4H3,(H,21,22)/b16-9-/t15-/m1/s1. The van der Waals surface area contributed by atoms with Crippen LogP contribution in [0.2, 0.25) is 0 Å². The average Bonchev–Trinajstić information content (AvgIpc) is 3.09. The van der Waals surface area contributed by atoms with Crippen LogP contribution < -0.4 is 5.32 Å².